The zero-order valence-corrected chi connectivity index (χ0v) is 12.2. The Labute approximate surface area is 117 Å². The SMILES string of the molecule is C=c1/c(=C/c2ccccc2)sc(=S)n1CCCC. The lowest BCUT2D eigenvalue weighted by Gasteiger charge is -1.99. The summed E-state index contributed by atoms with van der Waals surface area (Å²) in [6, 6.07) is 10.3. The third kappa shape index (κ3) is 2.98. The van der Waals surface area contributed by atoms with Crippen LogP contribution in [-0.2, 0) is 6.54 Å². The molecule has 0 fully saturated rings. The molecule has 0 amide bonds. The van der Waals surface area contributed by atoms with Crippen LogP contribution in [0.5, 0.6) is 0 Å². The maximum absolute atomic E-state index is 5.41. The summed E-state index contributed by atoms with van der Waals surface area (Å²) in [7, 11) is 0. The smallest absolute Gasteiger partial charge is 0.162 e. The average molecular weight is 275 g/mol. The number of benzene rings is 1. The second-order valence-corrected chi connectivity index (χ2v) is 5.91. The van der Waals surface area contributed by atoms with Crippen molar-refractivity contribution in [2.24, 2.45) is 0 Å². The van der Waals surface area contributed by atoms with Crippen molar-refractivity contribution in [3.05, 3.63) is 49.7 Å². The molecule has 2 rings (SSSR count). The average Bonchev–Trinajstić information content (AvgIpc) is 2.64. The van der Waals surface area contributed by atoms with Gasteiger partial charge >= 0.3 is 0 Å². The predicted molar refractivity (Wildman–Crippen MR) is 82.8 cm³/mol. The maximum Gasteiger partial charge on any atom is 0.162 e. The van der Waals surface area contributed by atoms with Crippen LogP contribution in [0.3, 0.4) is 0 Å². The van der Waals surface area contributed by atoms with E-state index in [1.807, 2.05) is 18.2 Å². The van der Waals surface area contributed by atoms with E-state index >= 15 is 0 Å². The first-order valence-electron chi connectivity index (χ1n) is 6.17. The second kappa shape index (κ2) is 6.12. The van der Waals surface area contributed by atoms with E-state index in [1.54, 1.807) is 11.3 Å². The highest BCUT2D eigenvalue weighted by Gasteiger charge is 1.99. The monoisotopic (exact) mass is 275 g/mol. The van der Waals surface area contributed by atoms with Gasteiger partial charge in [0.2, 0.25) is 0 Å². The van der Waals surface area contributed by atoms with Crippen LogP contribution in [0, 0.1) is 3.95 Å². The number of rotatable bonds is 4. The largest absolute Gasteiger partial charge is 0.323 e. The molecule has 18 heavy (non-hydrogen) atoms. The molecule has 1 heterocycles. The van der Waals surface area contributed by atoms with Crippen LogP contribution in [0.1, 0.15) is 25.3 Å². The Balaban J connectivity index is 2.45. The Bertz CT molecular complexity index is 665. The van der Waals surface area contributed by atoms with Gasteiger partial charge in [0.1, 0.15) is 0 Å². The number of thiazole rings is 1. The van der Waals surface area contributed by atoms with Gasteiger partial charge in [-0.05, 0) is 30.3 Å². The third-order valence-corrected chi connectivity index (χ3v) is 4.30. The molecule has 0 aliphatic carbocycles. The number of hydrogen-bond acceptors (Lipinski definition) is 2. The molecular formula is C15H17NS2. The van der Waals surface area contributed by atoms with E-state index in [0.717, 1.165) is 22.3 Å². The second-order valence-electron chi connectivity index (χ2n) is 4.24. The van der Waals surface area contributed by atoms with Crippen LogP contribution in [0.4, 0.5) is 0 Å². The molecule has 0 saturated carbocycles. The van der Waals surface area contributed by atoms with E-state index in [4.69, 9.17) is 12.2 Å². The summed E-state index contributed by atoms with van der Waals surface area (Å²) in [6.45, 7) is 7.34. The molecule has 0 aliphatic heterocycles. The van der Waals surface area contributed by atoms with E-state index in [1.165, 1.54) is 16.5 Å². The molecule has 94 valence electrons. The van der Waals surface area contributed by atoms with Crippen LogP contribution in [-0.4, -0.2) is 4.57 Å². The Morgan fingerprint density at radius 1 is 1.33 bits per heavy atom. The summed E-state index contributed by atoms with van der Waals surface area (Å²) in [5, 5.41) is 1.04. The first kappa shape index (κ1) is 13.2. The summed E-state index contributed by atoms with van der Waals surface area (Å²) < 4.78 is 4.25. The molecule has 1 aromatic heterocycles. The molecule has 0 aliphatic rings. The van der Waals surface area contributed by atoms with Gasteiger partial charge in [0.05, 0.1) is 9.88 Å². The van der Waals surface area contributed by atoms with Crippen molar-refractivity contribution in [1.29, 1.82) is 0 Å². The van der Waals surface area contributed by atoms with Crippen molar-refractivity contribution in [2.45, 2.75) is 26.3 Å². The van der Waals surface area contributed by atoms with Gasteiger partial charge in [-0.15, -0.1) is 11.3 Å². The summed E-state index contributed by atoms with van der Waals surface area (Å²) in [5.74, 6) is 0. The summed E-state index contributed by atoms with van der Waals surface area (Å²) in [6.07, 6.45) is 4.48. The summed E-state index contributed by atoms with van der Waals surface area (Å²) in [4.78, 5) is 0. The lowest BCUT2D eigenvalue weighted by Crippen LogP contribution is -2.27. The van der Waals surface area contributed by atoms with Gasteiger partial charge in [-0.3, -0.25) is 0 Å². The van der Waals surface area contributed by atoms with Crippen LogP contribution < -0.4 is 9.88 Å². The molecule has 0 spiro atoms. The maximum atomic E-state index is 5.41. The molecule has 1 aromatic carbocycles. The van der Waals surface area contributed by atoms with Gasteiger partial charge in [-0.1, -0.05) is 50.3 Å². The minimum Gasteiger partial charge on any atom is -0.323 e. The van der Waals surface area contributed by atoms with Crippen molar-refractivity contribution in [1.82, 2.24) is 4.57 Å². The van der Waals surface area contributed by atoms with E-state index < -0.39 is 0 Å². The third-order valence-electron chi connectivity index (χ3n) is 2.86. The highest BCUT2D eigenvalue weighted by atomic mass is 32.1. The van der Waals surface area contributed by atoms with Crippen molar-refractivity contribution in [2.75, 3.05) is 0 Å². The number of nitrogens with zero attached hydrogens (tertiary/aromatic N) is 1. The minimum absolute atomic E-state index is 0.927. The van der Waals surface area contributed by atoms with Crippen molar-refractivity contribution in [3.63, 3.8) is 0 Å². The lowest BCUT2D eigenvalue weighted by molar-refractivity contribution is 0.619. The molecule has 0 bridgehead atoms. The van der Waals surface area contributed by atoms with Gasteiger partial charge in [0, 0.05) is 6.54 Å². The molecule has 0 atom stereocenters. The Morgan fingerprint density at radius 2 is 2.06 bits per heavy atom. The minimum atomic E-state index is 0.927. The van der Waals surface area contributed by atoms with Crippen LogP contribution in [0.25, 0.3) is 12.7 Å². The predicted octanol–water partition coefficient (Wildman–Crippen LogP) is 3.32. The normalized spacial score (nSPS) is 11.9. The van der Waals surface area contributed by atoms with Gasteiger partial charge in [0.15, 0.2) is 3.95 Å². The first-order valence-corrected chi connectivity index (χ1v) is 7.40. The van der Waals surface area contributed by atoms with Gasteiger partial charge in [-0.25, -0.2) is 0 Å². The van der Waals surface area contributed by atoms with Gasteiger partial charge in [0.25, 0.3) is 0 Å². The fraction of sp³-hybridized carbons (Fsp3) is 0.267. The molecular weight excluding hydrogens is 258 g/mol. The zero-order valence-electron chi connectivity index (χ0n) is 10.6. The molecule has 0 N–H and O–H groups in total. The van der Waals surface area contributed by atoms with Crippen molar-refractivity contribution >= 4 is 36.2 Å². The Morgan fingerprint density at radius 3 is 2.72 bits per heavy atom. The van der Waals surface area contributed by atoms with Crippen molar-refractivity contribution < 1.29 is 0 Å². The lowest BCUT2D eigenvalue weighted by atomic mass is 10.2. The standard InChI is InChI=1S/C15H17NS2/c1-3-4-10-16-12(2)14(18-15(16)17)11-13-8-6-5-7-9-13/h5-9,11H,2-4,10H2,1H3/b14-11-. The fourth-order valence-electron chi connectivity index (χ4n) is 1.81. The molecule has 0 saturated heterocycles. The molecule has 0 radical (unpaired) electrons. The molecule has 2 aromatic rings. The Kier molecular flexibility index (Phi) is 4.50. The summed E-state index contributed by atoms with van der Waals surface area (Å²) >= 11 is 7.06. The van der Waals surface area contributed by atoms with Crippen molar-refractivity contribution in [3.8, 4) is 0 Å². The zero-order chi connectivity index (χ0) is 13.0. The number of hydrogen-bond donors (Lipinski definition) is 0. The first-order chi connectivity index (χ1) is 8.72. The molecule has 1 nitrogen and oxygen atoms in total. The quantitative estimate of drug-likeness (QED) is 0.775. The number of unbranched alkanes of at least 4 members (excludes halogenated alkanes) is 1. The van der Waals surface area contributed by atoms with E-state index in [9.17, 15) is 0 Å². The molecule has 0 unspecified atom stereocenters. The fourth-order valence-corrected chi connectivity index (χ4v) is 3.20. The van der Waals surface area contributed by atoms with Crippen LogP contribution in [0.2, 0.25) is 0 Å². The van der Waals surface area contributed by atoms with Crippen LogP contribution >= 0.6 is 23.6 Å². The van der Waals surface area contributed by atoms with E-state index in [0.29, 0.717) is 0 Å². The molecule has 3 heteroatoms. The van der Waals surface area contributed by atoms with E-state index in [2.05, 4.69) is 36.3 Å². The highest BCUT2D eigenvalue weighted by molar-refractivity contribution is 7.73. The van der Waals surface area contributed by atoms with E-state index in [-0.39, 0.29) is 0 Å². The summed E-state index contributed by atoms with van der Waals surface area (Å²) in [5.41, 5.74) is 1.20. The highest BCUT2D eigenvalue weighted by Crippen LogP contribution is 2.01. The Hall–Kier alpha value is -1.19. The van der Waals surface area contributed by atoms with Crippen LogP contribution in [0.15, 0.2) is 30.3 Å². The topological polar surface area (TPSA) is 4.93 Å². The van der Waals surface area contributed by atoms with Gasteiger partial charge < -0.3 is 4.57 Å². The van der Waals surface area contributed by atoms with Gasteiger partial charge in [-0.2, -0.15) is 0 Å². The number of aromatic nitrogens is 1.